The minimum atomic E-state index is -1.80. The molecule has 2 amide bonds. The molecule has 16 nitrogen and oxygen atoms in total. The van der Waals surface area contributed by atoms with Gasteiger partial charge in [-0.2, -0.15) is 0 Å². The number of amides is 2. The van der Waals surface area contributed by atoms with E-state index in [0.29, 0.717) is 16.2 Å². The molecule has 2 aromatic carbocycles. The summed E-state index contributed by atoms with van der Waals surface area (Å²) in [5, 5.41) is 39.1. The molecule has 1 unspecified atom stereocenters. The number of carbonyl (C=O) groups excluding carboxylic acids is 3. The van der Waals surface area contributed by atoms with E-state index in [1.54, 1.807) is 0 Å². The Labute approximate surface area is 232 Å². The third-order valence-corrected chi connectivity index (χ3v) is 5.34. The molecule has 0 aliphatic heterocycles. The molecule has 41 heavy (non-hydrogen) atoms. The zero-order chi connectivity index (χ0) is 30.7. The Morgan fingerprint density at radius 1 is 0.927 bits per heavy atom. The maximum absolute atomic E-state index is 12.7. The molecular formula is C25H27N5O11. The number of guanidine groups is 1. The molecule has 0 saturated heterocycles. The number of rotatable bonds is 13. The van der Waals surface area contributed by atoms with Crippen LogP contribution in [0.3, 0.4) is 0 Å². The third-order valence-electron chi connectivity index (χ3n) is 5.34. The summed E-state index contributed by atoms with van der Waals surface area (Å²) in [7, 11) is 0.973. The number of ether oxygens (including phenoxy) is 2. The van der Waals surface area contributed by atoms with Crippen molar-refractivity contribution in [1.82, 2.24) is 10.2 Å². The van der Waals surface area contributed by atoms with Crippen molar-refractivity contribution in [3.63, 3.8) is 0 Å². The summed E-state index contributed by atoms with van der Waals surface area (Å²) < 4.78 is 10.3. The van der Waals surface area contributed by atoms with Gasteiger partial charge >= 0.3 is 30.0 Å². The molecule has 0 bridgehead atoms. The van der Waals surface area contributed by atoms with Gasteiger partial charge in [-0.15, -0.1) is 0 Å². The van der Waals surface area contributed by atoms with Gasteiger partial charge in [0, 0.05) is 12.7 Å². The number of carboxylic acids is 3. The van der Waals surface area contributed by atoms with Crippen LogP contribution in [0.4, 0.5) is 10.5 Å². The number of esters is 1. The van der Waals surface area contributed by atoms with Gasteiger partial charge in [-0.05, 0) is 42.0 Å². The smallest absolute Gasteiger partial charge is 0.408 e. The molecule has 0 aromatic heterocycles. The van der Waals surface area contributed by atoms with Gasteiger partial charge in [0.05, 0.1) is 18.4 Å². The topological polar surface area (TPSA) is 259 Å². The molecular weight excluding hydrogens is 546 g/mol. The summed E-state index contributed by atoms with van der Waals surface area (Å²) in [6, 6.07) is 8.30. The van der Waals surface area contributed by atoms with E-state index in [0.717, 1.165) is 7.05 Å². The first-order chi connectivity index (χ1) is 19.3. The van der Waals surface area contributed by atoms with Crippen LogP contribution in [-0.4, -0.2) is 81.2 Å². The zero-order valence-corrected chi connectivity index (χ0v) is 21.5. The van der Waals surface area contributed by atoms with Crippen LogP contribution < -0.4 is 21.1 Å². The third kappa shape index (κ3) is 10.2. The second-order valence-electron chi connectivity index (χ2n) is 8.42. The lowest BCUT2D eigenvalue weighted by Crippen LogP contribution is -2.53. The van der Waals surface area contributed by atoms with E-state index in [9.17, 15) is 33.9 Å². The van der Waals surface area contributed by atoms with Crippen LogP contribution in [0, 0.1) is 5.41 Å². The number of aliphatic carboxylic acids is 3. The molecule has 0 radical (unpaired) electrons. The number of carboxylic acid groups (broad SMARTS) is 3. The molecule has 218 valence electrons. The molecule has 0 fully saturated rings. The molecule has 0 aliphatic carbocycles. The second-order valence-corrected chi connectivity index (χ2v) is 8.42. The van der Waals surface area contributed by atoms with E-state index in [1.807, 2.05) is 0 Å². The van der Waals surface area contributed by atoms with Crippen LogP contribution in [0.2, 0.25) is 0 Å². The number of carbonyl (C=O) groups is 6. The summed E-state index contributed by atoms with van der Waals surface area (Å²) in [6.07, 6.45) is -3.06. The Hall–Kier alpha value is -5.67. The van der Waals surface area contributed by atoms with Gasteiger partial charge in [0.15, 0.2) is 5.96 Å². The lowest BCUT2D eigenvalue weighted by Gasteiger charge is -2.27. The number of nitrogens with zero attached hydrogens (tertiary/aromatic N) is 1. The second kappa shape index (κ2) is 14.5. The van der Waals surface area contributed by atoms with E-state index in [-0.39, 0.29) is 23.9 Å². The van der Waals surface area contributed by atoms with Gasteiger partial charge < -0.3 is 46.1 Å². The van der Waals surface area contributed by atoms with Crippen molar-refractivity contribution in [1.29, 1.82) is 5.41 Å². The van der Waals surface area contributed by atoms with Crippen LogP contribution >= 0.6 is 0 Å². The normalized spacial score (nSPS) is 11.7. The lowest BCUT2D eigenvalue weighted by molar-refractivity contribution is -0.154. The quantitative estimate of drug-likeness (QED) is 0.0753. The van der Waals surface area contributed by atoms with Gasteiger partial charge in [-0.3, -0.25) is 19.8 Å². The highest BCUT2D eigenvalue weighted by Gasteiger charge is 2.34. The maximum atomic E-state index is 12.7. The van der Waals surface area contributed by atoms with E-state index >= 15 is 0 Å². The summed E-state index contributed by atoms with van der Waals surface area (Å²) in [6.45, 7) is -0.328. The monoisotopic (exact) mass is 573 g/mol. The van der Waals surface area contributed by atoms with Crippen molar-refractivity contribution in [3.05, 3.63) is 59.7 Å². The molecule has 2 aromatic rings. The average Bonchev–Trinajstić information content (AvgIpc) is 2.89. The fraction of sp³-hybridized carbons (Fsp3) is 0.240. The SMILES string of the molecule is CN(C(=O)C(CC(=O)O)NC(=O)OCc1ccc(OC(=O)c2ccc(NC(=N)N)cc2)cc1)[C@@H](CC(=O)O)C(=O)O. The lowest BCUT2D eigenvalue weighted by atomic mass is 10.1. The van der Waals surface area contributed by atoms with Gasteiger partial charge in [-0.25, -0.2) is 14.4 Å². The van der Waals surface area contributed by atoms with Crippen molar-refractivity contribution in [2.24, 2.45) is 5.73 Å². The Morgan fingerprint density at radius 3 is 2.02 bits per heavy atom. The van der Waals surface area contributed by atoms with E-state index in [2.05, 4.69) is 10.6 Å². The number of likely N-dealkylation sites (N-methyl/N-ethyl adjacent to an activating group) is 1. The van der Waals surface area contributed by atoms with Gasteiger partial charge in [0.2, 0.25) is 5.91 Å². The maximum Gasteiger partial charge on any atom is 0.408 e. The standard InChI is InChI=1S/C25H27N5O11/c1-30(18(22(36)37)11-20(33)34)21(35)17(10-19(31)32)29-25(39)40-12-13-2-8-16(9-3-13)41-23(38)14-4-6-15(7-5-14)28-24(26)27/h2-9,17-18H,10-12H2,1H3,(H,29,39)(H,31,32)(H,33,34)(H,36,37)(H4,26,27,28)/t17?,18-/m0/s1. The van der Waals surface area contributed by atoms with Crippen molar-refractivity contribution < 1.29 is 53.6 Å². The first-order valence-electron chi connectivity index (χ1n) is 11.7. The van der Waals surface area contributed by atoms with Crippen LogP contribution in [0.15, 0.2) is 48.5 Å². The number of alkyl carbamates (subject to hydrolysis) is 1. The summed E-state index contributed by atoms with van der Waals surface area (Å²) in [5.41, 5.74) is 6.43. The first kappa shape index (κ1) is 31.5. The zero-order valence-electron chi connectivity index (χ0n) is 21.5. The minimum absolute atomic E-state index is 0.179. The van der Waals surface area contributed by atoms with Crippen LogP contribution in [0.25, 0.3) is 0 Å². The molecule has 2 atom stereocenters. The predicted molar refractivity (Wildman–Crippen MR) is 139 cm³/mol. The number of hydrogen-bond acceptors (Lipinski definition) is 9. The Balaban J connectivity index is 1.96. The number of nitrogens with one attached hydrogen (secondary N) is 3. The Morgan fingerprint density at radius 2 is 1.51 bits per heavy atom. The van der Waals surface area contributed by atoms with Crippen LogP contribution in [0.5, 0.6) is 5.75 Å². The number of nitrogens with two attached hydrogens (primary N) is 1. The van der Waals surface area contributed by atoms with E-state index in [4.69, 9.17) is 30.8 Å². The summed E-state index contributed by atoms with van der Waals surface area (Å²) in [5.74, 6) is -6.50. The minimum Gasteiger partial charge on any atom is -0.481 e. The molecule has 16 heteroatoms. The van der Waals surface area contributed by atoms with Gasteiger partial charge in [-0.1, -0.05) is 12.1 Å². The number of anilines is 1. The molecule has 2 rings (SSSR count). The van der Waals surface area contributed by atoms with Gasteiger partial charge in [0.1, 0.15) is 24.4 Å². The summed E-state index contributed by atoms with van der Waals surface area (Å²) in [4.78, 5) is 71.4. The number of benzene rings is 2. The highest BCUT2D eigenvalue weighted by Crippen LogP contribution is 2.17. The van der Waals surface area contributed by atoms with Crippen molar-refractivity contribution in [2.75, 3.05) is 12.4 Å². The van der Waals surface area contributed by atoms with E-state index < -0.39 is 60.8 Å². The summed E-state index contributed by atoms with van der Waals surface area (Å²) >= 11 is 0. The van der Waals surface area contributed by atoms with Crippen molar-refractivity contribution in [3.8, 4) is 5.75 Å². The highest BCUT2D eigenvalue weighted by atomic mass is 16.5. The fourth-order valence-corrected chi connectivity index (χ4v) is 3.33. The molecule has 0 heterocycles. The molecule has 8 N–H and O–H groups in total. The first-order valence-corrected chi connectivity index (χ1v) is 11.7. The average molecular weight is 574 g/mol. The van der Waals surface area contributed by atoms with Crippen molar-refractivity contribution in [2.45, 2.75) is 31.5 Å². The number of hydrogen-bond donors (Lipinski definition) is 7. The van der Waals surface area contributed by atoms with E-state index in [1.165, 1.54) is 48.5 Å². The Kier molecular flexibility index (Phi) is 11.1. The highest BCUT2D eigenvalue weighted by molar-refractivity contribution is 5.94. The van der Waals surface area contributed by atoms with Crippen LogP contribution in [-0.2, 0) is 30.5 Å². The fourth-order valence-electron chi connectivity index (χ4n) is 3.33. The van der Waals surface area contributed by atoms with Gasteiger partial charge in [0.25, 0.3) is 0 Å². The Bertz CT molecular complexity index is 1310. The molecule has 0 aliphatic rings. The molecule has 0 spiro atoms. The largest absolute Gasteiger partial charge is 0.481 e. The predicted octanol–water partition coefficient (Wildman–Crippen LogP) is 0.667. The van der Waals surface area contributed by atoms with Crippen molar-refractivity contribution >= 4 is 47.5 Å². The molecule has 0 saturated carbocycles. The van der Waals surface area contributed by atoms with Crippen LogP contribution in [0.1, 0.15) is 28.8 Å².